The quantitative estimate of drug-likeness (QED) is 0.619. The maximum Gasteiger partial charge on any atom is 0.461 e. The number of halogens is 8. The van der Waals surface area contributed by atoms with Crippen molar-refractivity contribution in [3.63, 3.8) is 0 Å². The SMILES string of the molecule is COc1ccc(C(F)(F)F)cc1C(=O)C(F)(F)C(F)(F)F. The molecule has 0 heterocycles. The Morgan fingerprint density at radius 1 is 1.00 bits per heavy atom. The van der Waals surface area contributed by atoms with E-state index in [9.17, 15) is 39.9 Å². The minimum absolute atomic E-state index is 0.110. The van der Waals surface area contributed by atoms with Crippen molar-refractivity contribution in [2.24, 2.45) is 0 Å². The van der Waals surface area contributed by atoms with Crippen LogP contribution in [0.15, 0.2) is 18.2 Å². The third kappa shape index (κ3) is 3.24. The van der Waals surface area contributed by atoms with Crippen LogP contribution >= 0.6 is 0 Å². The summed E-state index contributed by atoms with van der Waals surface area (Å²) in [5.74, 6) is -9.47. The summed E-state index contributed by atoms with van der Waals surface area (Å²) in [5.41, 5.74) is -3.06. The fourth-order valence-corrected chi connectivity index (χ4v) is 1.36. The second kappa shape index (κ2) is 5.15. The summed E-state index contributed by atoms with van der Waals surface area (Å²) in [6, 6.07) is 0.769. The van der Waals surface area contributed by atoms with Gasteiger partial charge in [0.25, 0.3) is 0 Å². The molecule has 0 aliphatic carbocycles. The predicted molar refractivity (Wildman–Crippen MR) is 53.3 cm³/mol. The van der Waals surface area contributed by atoms with Gasteiger partial charge in [0, 0.05) is 0 Å². The predicted octanol–water partition coefficient (Wildman–Crippen LogP) is 4.09. The van der Waals surface area contributed by atoms with Crippen LogP contribution in [0.4, 0.5) is 35.1 Å². The molecule has 0 amide bonds. The average Bonchev–Trinajstić information content (AvgIpc) is 2.34. The van der Waals surface area contributed by atoms with Crippen molar-refractivity contribution in [2.75, 3.05) is 7.11 Å². The summed E-state index contributed by atoms with van der Waals surface area (Å²) < 4.78 is 104. The fraction of sp³-hybridized carbons (Fsp3) is 0.364. The average molecular weight is 322 g/mol. The van der Waals surface area contributed by atoms with Crippen LogP contribution in [0.5, 0.6) is 5.75 Å². The van der Waals surface area contributed by atoms with E-state index >= 15 is 0 Å². The Hall–Kier alpha value is -1.87. The van der Waals surface area contributed by atoms with Gasteiger partial charge < -0.3 is 4.74 Å². The normalized spacial score (nSPS) is 13.2. The first kappa shape index (κ1) is 17.2. The number of hydrogen-bond donors (Lipinski definition) is 0. The van der Waals surface area contributed by atoms with Crippen LogP contribution in [0.2, 0.25) is 0 Å². The Bertz CT molecular complexity index is 544. The zero-order valence-corrected chi connectivity index (χ0v) is 10.1. The molecule has 0 radical (unpaired) electrons. The summed E-state index contributed by atoms with van der Waals surface area (Å²) in [7, 11) is 0.811. The molecule has 0 unspecified atom stereocenters. The third-order valence-electron chi connectivity index (χ3n) is 2.41. The Balaban J connectivity index is 3.44. The van der Waals surface area contributed by atoms with Crippen molar-refractivity contribution in [2.45, 2.75) is 18.3 Å². The number of methoxy groups -OCH3 is 1. The number of carbonyl (C=O) groups is 1. The minimum Gasteiger partial charge on any atom is -0.496 e. The highest BCUT2D eigenvalue weighted by atomic mass is 19.4. The Morgan fingerprint density at radius 2 is 1.52 bits per heavy atom. The molecular weight excluding hydrogens is 316 g/mol. The molecule has 118 valence electrons. The summed E-state index contributed by atoms with van der Waals surface area (Å²) in [6.07, 6.45) is -11.3. The van der Waals surface area contributed by atoms with E-state index in [0.29, 0.717) is 12.1 Å². The number of ketones is 1. The van der Waals surface area contributed by atoms with Gasteiger partial charge in [-0.3, -0.25) is 4.79 Å². The zero-order valence-electron chi connectivity index (χ0n) is 10.1. The fourth-order valence-electron chi connectivity index (χ4n) is 1.36. The lowest BCUT2D eigenvalue weighted by atomic mass is 10.0. The van der Waals surface area contributed by atoms with Crippen LogP contribution < -0.4 is 4.74 Å². The molecule has 1 aromatic carbocycles. The minimum atomic E-state index is -6.23. The van der Waals surface area contributed by atoms with Gasteiger partial charge in [0.2, 0.25) is 5.78 Å². The summed E-state index contributed by atoms with van der Waals surface area (Å²) in [5, 5.41) is 0. The summed E-state index contributed by atoms with van der Waals surface area (Å²) >= 11 is 0. The molecule has 0 bridgehead atoms. The second-order valence-corrected chi connectivity index (χ2v) is 3.81. The van der Waals surface area contributed by atoms with Crippen LogP contribution in [0.25, 0.3) is 0 Å². The van der Waals surface area contributed by atoms with Gasteiger partial charge in [0.05, 0.1) is 18.2 Å². The van der Waals surface area contributed by atoms with E-state index in [1.165, 1.54) is 0 Å². The number of alkyl halides is 8. The van der Waals surface area contributed by atoms with Gasteiger partial charge in [0.15, 0.2) is 0 Å². The second-order valence-electron chi connectivity index (χ2n) is 3.81. The maximum atomic E-state index is 12.9. The molecule has 0 saturated heterocycles. The molecule has 0 spiro atoms. The lowest BCUT2D eigenvalue weighted by molar-refractivity contribution is -0.255. The van der Waals surface area contributed by atoms with Crippen LogP contribution in [-0.2, 0) is 6.18 Å². The topological polar surface area (TPSA) is 26.3 Å². The maximum absolute atomic E-state index is 12.9. The Morgan fingerprint density at radius 3 is 1.90 bits per heavy atom. The van der Waals surface area contributed by atoms with E-state index < -0.39 is 40.9 Å². The van der Waals surface area contributed by atoms with Crippen molar-refractivity contribution in [3.05, 3.63) is 29.3 Å². The molecule has 2 nitrogen and oxygen atoms in total. The van der Waals surface area contributed by atoms with Crippen LogP contribution in [0, 0.1) is 0 Å². The first-order valence-corrected chi connectivity index (χ1v) is 5.07. The van der Waals surface area contributed by atoms with Gasteiger partial charge >= 0.3 is 18.3 Å². The standard InChI is InChI=1S/C11H6F8O2/c1-21-7-3-2-5(10(14,15)16)4-6(7)8(20)9(12,13)11(17,18)19/h2-4H,1H3. The summed E-state index contributed by atoms with van der Waals surface area (Å²) in [6.45, 7) is 0. The number of benzene rings is 1. The van der Waals surface area contributed by atoms with Gasteiger partial charge in [-0.05, 0) is 18.2 Å². The van der Waals surface area contributed by atoms with E-state index in [4.69, 9.17) is 0 Å². The highest BCUT2D eigenvalue weighted by Gasteiger charge is 2.63. The lowest BCUT2D eigenvalue weighted by Crippen LogP contribution is -2.44. The molecule has 1 rings (SSSR count). The van der Waals surface area contributed by atoms with Crippen molar-refractivity contribution in [1.82, 2.24) is 0 Å². The Kier molecular flexibility index (Phi) is 4.22. The van der Waals surface area contributed by atoms with E-state index in [1.54, 1.807) is 0 Å². The van der Waals surface area contributed by atoms with Crippen molar-refractivity contribution < 1.29 is 44.7 Å². The first-order chi connectivity index (χ1) is 9.32. The molecule has 0 aromatic heterocycles. The Labute approximate surface area is 112 Å². The molecular formula is C11H6F8O2. The number of carbonyl (C=O) groups excluding carboxylic acids is 1. The smallest absolute Gasteiger partial charge is 0.461 e. The van der Waals surface area contributed by atoms with Crippen LogP contribution in [0.1, 0.15) is 15.9 Å². The number of hydrogen-bond acceptors (Lipinski definition) is 2. The molecule has 10 heteroatoms. The molecule has 21 heavy (non-hydrogen) atoms. The van der Waals surface area contributed by atoms with Crippen molar-refractivity contribution in [1.29, 1.82) is 0 Å². The van der Waals surface area contributed by atoms with Gasteiger partial charge in [-0.1, -0.05) is 0 Å². The molecule has 1 aromatic rings. The highest BCUT2D eigenvalue weighted by Crippen LogP contribution is 2.41. The zero-order chi connectivity index (χ0) is 16.6. The van der Waals surface area contributed by atoms with Gasteiger partial charge in [-0.25, -0.2) is 0 Å². The largest absolute Gasteiger partial charge is 0.496 e. The molecule has 0 fully saturated rings. The highest BCUT2D eigenvalue weighted by molar-refractivity contribution is 6.04. The third-order valence-corrected chi connectivity index (χ3v) is 2.41. The van der Waals surface area contributed by atoms with Crippen molar-refractivity contribution in [3.8, 4) is 5.75 Å². The molecule has 0 N–H and O–H groups in total. The van der Waals surface area contributed by atoms with Crippen LogP contribution in [0.3, 0.4) is 0 Å². The molecule has 0 atom stereocenters. The molecule has 0 aliphatic rings. The molecule has 0 saturated carbocycles. The van der Waals surface area contributed by atoms with E-state index in [-0.39, 0.29) is 6.07 Å². The van der Waals surface area contributed by atoms with Gasteiger partial charge in [0.1, 0.15) is 5.75 Å². The van der Waals surface area contributed by atoms with Crippen molar-refractivity contribution >= 4 is 5.78 Å². The van der Waals surface area contributed by atoms with E-state index in [1.807, 2.05) is 0 Å². The lowest BCUT2D eigenvalue weighted by Gasteiger charge is -2.20. The monoisotopic (exact) mass is 322 g/mol. The molecule has 0 aliphatic heterocycles. The van der Waals surface area contributed by atoms with E-state index in [0.717, 1.165) is 7.11 Å². The van der Waals surface area contributed by atoms with Crippen LogP contribution in [-0.4, -0.2) is 25.0 Å². The summed E-state index contributed by atoms with van der Waals surface area (Å²) in [4.78, 5) is 11.3. The van der Waals surface area contributed by atoms with E-state index in [2.05, 4.69) is 4.74 Å². The van der Waals surface area contributed by atoms with Gasteiger partial charge in [-0.15, -0.1) is 0 Å². The van der Waals surface area contributed by atoms with Gasteiger partial charge in [-0.2, -0.15) is 35.1 Å². The number of rotatable bonds is 3. The first-order valence-electron chi connectivity index (χ1n) is 5.07. The number of Topliss-reactive ketones (excluding diaryl/α,β-unsaturated/α-hetero) is 1. The number of ether oxygens (including phenoxy) is 1.